The number of carboxylic acids is 1. The SMILES string of the molecule is O=C1CCC(C(=O)NCCc2cccc(C(=O)O)c2)=NN1. The molecular weight excluding hydrogens is 274 g/mol. The van der Waals surface area contributed by atoms with Crippen molar-refractivity contribution in [3.05, 3.63) is 35.4 Å². The number of hydrogen-bond donors (Lipinski definition) is 3. The van der Waals surface area contributed by atoms with Crippen molar-refractivity contribution in [2.75, 3.05) is 6.54 Å². The molecular formula is C14H15N3O4. The van der Waals surface area contributed by atoms with E-state index >= 15 is 0 Å². The maximum Gasteiger partial charge on any atom is 0.335 e. The lowest BCUT2D eigenvalue weighted by Crippen LogP contribution is -2.37. The van der Waals surface area contributed by atoms with Gasteiger partial charge in [0, 0.05) is 19.4 Å². The third kappa shape index (κ3) is 4.13. The minimum atomic E-state index is -0.979. The van der Waals surface area contributed by atoms with E-state index in [0.717, 1.165) is 5.56 Å². The van der Waals surface area contributed by atoms with Crippen molar-refractivity contribution in [1.29, 1.82) is 0 Å². The molecule has 21 heavy (non-hydrogen) atoms. The van der Waals surface area contributed by atoms with Crippen molar-refractivity contribution in [3.8, 4) is 0 Å². The summed E-state index contributed by atoms with van der Waals surface area (Å²) in [5.41, 5.74) is 3.61. The first-order valence-electron chi connectivity index (χ1n) is 6.52. The zero-order valence-corrected chi connectivity index (χ0v) is 11.3. The quantitative estimate of drug-likeness (QED) is 0.725. The van der Waals surface area contributed by atoms with Gasteiger partial charge in [0.2, 0.25) is 5.91 Å². The number of hydrazone groups is 1. The predicted molar refractivity (Wildman–Crippen MR) is 74.9 cm³/mol. The van der Waals surface area contributed by atoms with Gasteiger partial charge in [0.25, 0.3) is 5.91 Å². The van der Waals surface area contributed by atoms with E-state index in [1.807, 2.05) is 0 Å². The third-order valence-electron chi connectivity index (χ3n) is 3.04. The molecule has 0 aliphatic carbocycles. The molecule has 0 bridgehead atoms. The van der Waals surface area contributed by atoms with Gasteiger partial charge in [-0.2, -0.15) is 5.10 Å². The van der Waals surface area contributed by atoms with Crippen LogP contribution in [0.25, 0.3) is 0 Å². The lowest BCUT2D eigenvalue weighted by molar-refractivity contribution is -0.121. The lowest BCUT2D eigenvalue weighted by Gasteiger charge is -2.12. The molecule has 0 saturated heterocycles. The molecule has 1 heterocycles. The standard InChI is InChI=1S/C14H15N3O4/c18-12-5-4-11(16-17-12)13(19)15-7-6-9-2-1-3-10(8-9)14(20)21/h1-3,8H,4-7H2,(H,15,19)(H,17,18)(H,20,21). The van der Waals surface area contributed by atoms with E-state index in [1.165, 1.54) is 6.07 Å². The largest absolute Gasteiger partial charge is 0.478 e. The number of carbonyl (C=O) groups is 3. The molecule has 1 aliphatic heterocycles. The average molecular weight is 289 g/mol. The molecule has 7 nitrogen and oxygen atoms in total. The van der Waals surface area contributed by atoms with Crippen LogP contribution in [0.2, 0.25) is 0 Å². The van der Waals surface area contributed by atoms with Gasteiger partial charge >= 0.3 is 5.97 Å². The Bertz CT molecular complexity index is 610. The van der Waals surface area contributed by atoms with E-state index < -0.39 is 5.97 Å². The van der Waals surface area contributed by atoms with Crippen LogP contribution in [0, 0.1) is 0 Å². The van der Waals surface area contributed by atoms with Gasteiger partial charge in [-0.15, -0.1) is 0 Å². The van der Waals surface area contributed by atoms with E-state index in [0.29, 0.717) is 25.1 Å². The van der Waals surface area contributed by atoms with Crippen LogP contribution in [-0.2, 0) is 16.0 Å². The average Bonchev–Trinajstić information content (AvgIpc) is 2.48. The first-order valence-corrected chi connectivity index (χ1v) is 6.52. The van der Waals surface area contributed by atoms with Crippen molar-refractivity contribution < 1.29 is 19.5 Å². The number of carbonyl (C=O) groups excluding carboxylic acids is 2. The minimum absolute atomic E-state index is 0.197. The molecule has 1 aliphatic rings. The number of amides is 2. The molecule has 1 aromatic carbocycles. The van der Waals surface area contributed by atoms with Gasteiger partial charge in [-0.25, -0.2) is 10.2 Å². The first-order chi connectivity index (χ1) is 10.1. The number of benzene rings is 1. The highest BCUT2D eigenvalue weighted by atomic mass is 16.4. The number of nitrogens with one attached hydrogen (secondary N) is 2. The Morgan fingerprint density at radius 1 is 1.33 bits per heavy atom. The van der Waals surface area contributed by atoms with Crippen molar-refractivity contribution in [3.63, 3.8) is 0 Å². The molecule has 3 N–H and O–H groups in total. The highest BCUT2D eigenvalue weighted by molar-refractivity contribution is 6.39. The topological polar surface area (TPSA) is 108 Å². The van der Waals surface area contributed by atoms with Crippen LogP contribution >= 0.6 is 0 Å². The van der Waals surface area contributed by atoms with Gasteiger partial charge < -0.3 is 10.4 Å². The first kappa shape index (κ1) is 14.7. The van der Waals surface area contributed by atoms with Crippen LogP contribution in [0.4, 0.5) is 0 Å². The molecule has 2 amide bonds. The van der Waals surface area contributed by atoms with Gasteiger partial charge in [-0.05, 0) is 24.1 Å². The molecule has 110 valence electrons. The molecule has 0 radical (unpaired) electrons. The van der Waals surface area contributed by atoms with Gasteiger partial charge in [-0.1, -0.05) is 12.1 Å². The molecule has 0 fully saturated rings. The Labute approximate surface area is 121 Å². The number of rotatable bonds is 5. The minimum Gasteiger partial charge on any atom is -0.478 e. The van der Waals surface area contributed by atoms with Crippen LogP contribution in [0.15, 0.2) is 29.4 Å². The molecule has 7 heteroatoms. The highest BCUT2D eigenvalue weighted by Crippen LogP contribution is 2.06. The second kappa shape index (κ2) is 6.65. The van der Waals surface area contributed by atoms with Gasteiger partial charge in [0.1, 0.15) is 5.71 Å². The van der Waals surface area contributed by atoms with Crippen molar-refractivity contribution in [1.82, 2.24) is 10.7 Å². The fourth-order valence-corrected chi connectivity index (χ4v) is 1.92. The van der Waals surface area contributed by atoms with Crippen LogP contribution in [0.1, 0.15) is 28.8 Å². The Morgan fingerprint density at radius 3 is 2.81 bits per heavy atom. The normalized spacial score (nSPS) is 14.1. The van der Waals surface area contributed by atoms with Crippen LogP contribution in [0.3, 0.4) is 0 Å². The number of aromatic carboxylic acids is 1. The van der Waals surface area contributed by atoms with Crippen molar-refractivity contribution in [2.45, 2.75) is 19.3 Å². The molecule has 0 atom stereocenters. The van der Waals surface area contributed by atoms with Gasteiger partial charge in [-0.3, -0.25) is 9.59 Å². The second-order valence-electron chi connectivity index (χ2n) is 4.60. The van der Waals surface area contributed by atoms with Crippen molar-refractivity contribution in [2.24, 2.45) is 5.10 Å². The van der Waals surface area contributed by atoms with Crippen LogP contribution in [-0.4, -0.2) is 35.1 Å². The number of hydrogen-bond acceptors (Lipinski definition) is 4. The van der Waals surface area contributed by atoms with E-state index in [2.05, 4.69) is 15.8 Å². The van der Waals surface area contributed by atoms with Crippen molar-refractivity contribution >= 4 is 23.5 Å². The summed E-state index contributed by atoms with van der Waals surface area (Å²) in [6.07, 6.45) is 1.10. The van der Waals surface area contributed by atoms with E-state index in [9.17, 15) is 14.4 Å². The Balaban J connectivity index is 1.84. The summed E-state index contributed by atoms with van der Waals surface area (Å²) in [5, 5.41) is 15.3. The summed E-state index contributed by atoms with van der Waals surface area (Å²) in [7, 11) is 0. The number of nitrogens with zero attached hydrogens (tertiary/aromatic N) is 1. The summed E-state index contributed by atoms with van der Waals surface area (Å²) in [6.45, 7) is 0.370. The maximum absolute atomic E-state index is 11.8. The maximum atomic E-state index is 11.8. The Hall–Kier alpha value is -2.70. The fourth-order valence-electron chi connectivity index (χ4n) is 1.92. The lowest BCUT2D eigenvalue weighted by atomic mass is 10.1. The summed E-state index contributed by atoms with van der Waals surface area (Å²) < 4.78 is 0. The number of carboxylic acid groups (broad SMARTS) is 1. The smallest absolute Gasteiger partial charge is 0.335 e. The summed E-state index contributed by atoms with van der Waals surface area (Å²) in [4.78, 5) is 33.6. The Morgan fingerprint density at radius 2 is 2.14 bits per heavy atom. The van der Waals surface area contributed by atoms with E-state index in [-0.39, 0.29) is 23.8 Å². The Kier molecular flexibility index (Phi) is 4.65. The molecule has 0 unspecified atom stereocenters. The molecule has 1 aromatic rings. The fraction of sp³-hybridized carbons (Fsp3) is 0.286. The second-order valence-corrected chi connectivity index (χ2v) is 4.60. The van der Waals surface area contributed by atoms with E-state index in [4.69, 9.17) is 5.11 Å². The summed E-state index contributed by atoms with van der Waals surface area (Å²) in [5.74, 6) is -1.49. The molecule has 0 spiro atoms. The zero-order chi connectivity index (χ0) is 15.2. The summed E-state index contributed by atoms with van der Waals surface area (Å²) >= 11 is 0. The summed E-state index contributed by atoms with van der Waals surface area (Å²) in [6, 6.07) is 6.56. The zero-order valence-electron chi connectivity index (χ0n) is 11.3. The molecule has 0 saturated carbocycles. The monoisotopic (exact) mass is 289 g/mol. The van der Waals surface area contributed by atoms with Crippen LogP contribution < -0.4 is 10.7 Å². The third-order valence-corrected chi connectivity index (χ3v) is 3.04. The highest BCUT2D eigenvalue weighted by Gasteiger charge is 2.17. The predicted octanol–water partition coefficient (Wildman–Crippen LogP) is 0.309. The molecule has 0 aromatic heterocycles. The van der Waals surface area contributed by atoms with Crippen LogP contribution in [0.5, 0.6) is 0 Å². The van der Waals surface area contributed by atoms with Gasteiger partial charge in [0.15, 0.2) is 0 Å². The molecule has 2 rings (SSSR count). The van der Waals surface area contributed by atoms with Gasteiger partial charge in [0.05, 0.1) is 5.56 Å². The van der Waals surface area contributed by atoms with E-state index in [1.54, 1.807) is 18.2 Å².